The fourth-order valence-electron chi connectivity index (χ4n) is 2.36. The molecule has 0 saturated heterocycles. The summed E-state index contributed by atoms with van der Waals surface area (Å²) in [7, 11) is -2.09. The SMILES string of the molecule is CC(C)c1ccc2c(c1)s/c(=N\S(=O)(=O)c1ccc(F)cc1)n2C. The van der Waals surface area contributed by atoms with Gasteiger partial charge in [-0.1, -0.05) is 31.3 Å². The summed E-state index contributed by atoms with van der Waals surface area (Å²) in [6.45, 7) is 4.22. The van der Waals surface area contributed by atoms with Gasteiger partial charge in [0.05, 0.1) is 15.1 Å². The molecule has 0 N–H and O–H groups in total. The predicted octanol–water partition coefficient (Wildman–Crippen LogP) is 3.79. The smallest absolute Gasteiger partial charge is 0.285 e. The summed E-state index contributed by atoms with van der Waals surface area (Å²) < 4.78 is 44.5. The van der Waals surface area contributed by atoms with E-state index in [2.05, 4.69) is 24.3 Å². The number of aryl methyl sites for hydroxylation is 1. The topological polar surface area (TPSA) is 51.4 Å². The van der Waals surface area contributed by atoms with E-state index in [0.29, 0.717) is 10.7 Å². The molecule has 1 aromatic heterocycles. The Labute approximate surface area is 144 Å². The van der Waals surface area contributed by atoms with Crippen molar-refractivity contribution in [3.8, 4) is 0 Å². The Balaban J connectivity index is 2.16. The minimum atomic E-state index is -3.88. The minimum Gasteiger partial charge on any atom is -0.319 e. The standard InChI is InChI=1S/C17H17FN2O2S2/c1-11(2)12-4-9-15-16(10-12)23-17(20(15)3)19-24(21,22)14-7-5-13(18)6-8-14/h4-11H,1-3H3/b19-17-. The van der Waals surface area contributed by atoms with Crippen molar-refractivity contribution in [3.63, 3.8) is 0 Å². The van der Waals surface area contributed by atoms with Crippen molar-refractivity contribution in [3.05, 3.63) is 58.6 Å². The number of aromatic nitrogens is 1. The molecule has 3 rings (SSSR count). The highest BCUT2D eigenvalue weighted by Gasteiger charge is 2.14. The average Bonchev–Trinajstić information content (AvgIpc) is 2.82. The van der Waals surface area contributed by atoms with E-state index in [0.717, 1.165) is 22.3 Å². The maximum absolute atomic E-state index is 13.0. The van der Waals surface area contributed by atoms with E-state index in [-0.39, 0.29) is 4.90 Å². The van der Waals surface area contributed by atoms with Crippen molar-refractivity contribution in [2.24, 2.45) is 11.4 Å². The highest BCUT2D eigenvalue weighted by atomic mass is 32.2. The molecule has 0 aliphatic heterocycles. The second-order valence-corrected chi connectivity index (χ2v) is 8.46. The molecule has 0 aliphatic rings. The first-order valence-electron chi connectivity index (χ1n) is 7.44. The number of hydrogen-bond donors (Lipinski definition) is 0. The van der Waals surface area contributed by atoms with Crippen LogP contribution in [0.4, 0.5) is 4.39 Å². The van der Waals surface area contributed by atoms with Gasteiger partial charge in [0.25, 0.3) is 10.0 Å². The molecular weight excluding hydrogens is 347 g/mol. The van der Waals surface area contributed by atoms with Gasteiger partial charge in [-0.2, -0.15) is 8.42 Å². The van der Waals surface area contributed by atoms with Crippen molar-refractivity contribution in [2.75, 3.05) is 0 Å². The Morgan fingerprint density at radius 3 is 2.42 bits per heavy atom. The number of hydrogen-bond acceptors (Lipinski definition) is 3. The Morgan fingerprint density at radius 2 is 1.79 bits per heavy atom. The van der Waals surface area contributed by atoms with Crippen molar-refractivity contribution in [2.45, 2.75) is 24.7 Å². The number of fused-ring (bicyclic) bond motifs is 1. The predicted molar refractivity (Wildman–Crippen MR) is 94.0 cm³/mol. The Morgan fingerprint density at radius 1 is 1.12 bits per heavy atom. The van der Waals surface area contributed by atoms with Crippen LogP contribution in [0.5, 0.6) is 0 Å². The van der Waals surface area contributed by atoms with Crippen molar-refractivity contribution in [1.29, 1.82) is 0 Å². The number of thiazole rings is 1. The number of rotatable bonds is 3. The van der Waals surface area contributed by atoms with Gasteiger partial charge in [0, 0.05) is 7.05 Å². The van der Waals surface area contributed by atoms with E-state index in [1.54, 1.807) is 11.6 Å². The van der Waals surface area contributed by atoms with Crippen molar-refractivity contribution < 1.29 is 12.8 Å². The number of sulfonamides is 1. The Kier molecular flexibility index (Phi) is 4.31. The molecule has 0 unspecified atom stereocenters. The lowest BCUT2D eigenvalue weighted by Gasteiger charge is -2.04. The molecule has 0 bridgehead atoms. The van der Waals surface area contributed by atoms with E-state index in [1.807, 2.05) is 12.1 Å². The number of halogens is 1. The summed E-state index contributed by atoms with van der Waals surface area (Å²) in [5, 5.41) is 0. The molecule has 4 nitrogen and oxygen atoms in total. The van der Waals surface area contributed by atoms with E-state index < -0.39 is 15.8 Å². The summed E-state index contributed by atoms with van der Waals surface area (Å²) in [5.74, 6) is -0.0901. The van der Waals surface area contributed by atoms with Gasteiger partial charge in [0.2, 0.25) is 4.80 Å². The fraction of sp³-hybridized carbons (Fsp3) is 0.235. The van der Waals surface area contributed by atoms with Crippen LogP contribution in [0.3, 0.4) is 0 Å². The third-order valence-corrected chi connectivity index (χ3v) is 6.30. The van der Waals surface area contributed by atoms with Gasteiger partial charge in [-0.3, -0.25) is 0 Å². The average molecular weight is 364 g/mol. The van der Waals surface area contributed by atoms with Gasteiger partial charge < -0.3 is 4.57 Å². The van der Waals surface area contributed by atoms with Crippen molar-refractivity contribution in [1.82, 2.24) is 4.57 Å². The summed E-state index contributed by atoms with van der Waals surface area (Å²) in [6.07, 6.45) is 0. The lowest BCUT2D eigenvalue weighted by molar-refractivity contribution is 0.595. The van der Waals surface area contributed by atoms with Gasteiger partial charge >= 0.3 is 0 Å². The van der Waals surface area contributed by atoms with Crippen LogP contribution in [-0.2, 0) is 17.1 Å². The summed E-state index contributed by atoms with van der Waals surface area (Å²) in [6, 6.07) is 10.7. The highest BCUT2D eigenvalue weighted by molar-refractivity contribution is 7.90. The maximum atomic E-state index is 13.0. The monoisotopic (exact) mass is 364 g/mol. The van der Waals surface area contributed by atoms with Gasteiger partial charge in [-0.15, -0.1) is 4.40 Å². The van der Waals surface area contributed by atoms with Crippen LogP contribution in [0.25, 0.3) is 10.2 Å². The van der Waals surface area contributed by atoms with Crippen LogP contribution in [0.1, 0.15) is 25.3 Å². The van der Waals surface area contributed by atoms with Gasteiger partial charge in [-0.05, 0) is 47.9 Å². The molecule has 24 heavy (non-hydrogen) atoms. The Bertz CT molecular complexity index is 1060. The minimum absolute atomic E-state index is 0.0239. The van der Waals surface area contributed by atoms with Crippen LogP contribution >= 0.6 is 11.3 Å². The number of nitrogens with zero attached hydrogens (tertiary/aromatic N) is 2. The summed E-state index contributed by atoms with van der Waals surface area (Å²) in [5.41, 5.74) is 2.12. The first kappa shape index (κ1) is 16.9. The summed E-state index contributed by atoms with van der Waals surface area (Å²) in [4.78, 5) is 0.361. The van der Waals surface area contributed by atoms with Crippen LogP contribution in [0, 0.1) is 5.82 Å². The zero-order valence-corrected chi connectivity index (χ0v) is 15.2. The normalized spacial score (nSPS) is 13.1. The van der Waals surface area contributed by atoms with Gasteiger partial charge in [-0.25, -0.2) is 4.39 Å². The first-order valence-corrected chi connectivity index (χ1v) is 9.69. The molecule has 0 atom stereocenters. The van der Waals surface area contributed by atoms with Crippen molar-refractivity contribution >= 4 is 31.6 Å². The lowest BCUT2D eigenvalue weighted by atomic mass is 10.0. The van der Waals surface area contributed by atoms with E-state index in [1.165, 1.54) is 29.0 Å². The second-order valence-electron chi connectivity index (χ2n) is 5.85. The molecule has 0 saturated carbocycles. The zero-order valence-electron chi connectivity index (χ0n) is 13.5. The molecule has 2 aromatic carbocycles. The molecule has 0 fully saturated rings. The quantitative estimate of drug-likeness (QED) is 0.710. The molecule has 0 amide bonds. The van der Waals surface area contributed by atoms with E-state index >= 15 is 0 Å². The summed E-state index contributed by atoms with van der Waals surface area (Å²) >= 11 is 1.32. The molecule has 126 valence electrons. The van der Waals surface area contributed by atoms with Crippen LogP contribution in [0.15, 0.2) is 51.8 Å². The third-order valence-electron chi connectivity index (χ3n) is 3.81. The van der Waals surface area contributed by atoms with Crippen LogP contribution < -0.4 is 4.80 Å². The van der Waals surface area contributed by atoms with E-state index in [4.69, 9.17) is 0 Å². The lowest BCUT2D eigenvalue weighted by Crippen LogP contribution is -2.13. The first-order chi connectivity index (χ1) is 11.3. The third kappa shape index (κ3) is 3.14. The van der Waals surface area contributed by atoms with E-state index in [9.17, 15) is 12.8 Å². The molecule has 0 aliphatic carbocycles. The molecule has 7 heteroatoms. The highest BCUT2D eigenvalue weighted by Crippen LogP contribution is 2.23. The van der Waals surface area contributed by atoms with Gasteiger partial charge in [0.1, 0.15) is 5.82 Å². The van der Waals surface area contributed by atoms with Gasteiger partial charge in [0.15, 0.2) is 0 Å². The molecule has 1 heterocycles. The molecule has 0 radical (unpaired) electrons. The van der Waals surface area contributed by atoms with Crippen LogP contribution in [-0.4, -0.2) is 13.0 Å². The Hall–Kier alpha value is -1.99. The molecule has 3 aromatic rings. The molecular formula is C17H17FN2O2S2. The van der Waals surface area contributed by atoms with Crippen LogP contribution in [0.2, 0.25) is 0 Å². The molecule has 0 spiro atoms. The number of benzene rings is 2. The second kappa shape index (κ2) is 6.14. The fourth-order valence-corrected chi connectivity index (χ4v) is 4.65. The zero-order chi connectivity index (χ0) is 17.5. The maximum Gasteiger partial charge on any atom is 0.285 e. The largest absolute Gasteiger partial charge is 0.319 e.